The van der Waals surface area contributed by atoms with Gasteiger partial charge in [0.05, 0.1) is 5.75 Å². The first-order valence-electron chi connectivity index (χ1n) is 5.55. The van der Waals surface area contributed by atoms with Crippen molar-refractivity contribution in [3.05, 3.63) is 30.1 Å². The molecule has 1 aliphatic rings. The summed E-state index contributed by atoms with van der Waals surface area (Å²) < 4.78 is 38.3. The molecule has 0 amide bonds. The largest absolute Gasteiger partial charge is 0.370 e. The molecule has 1 aromatic rings. The summed E-state index contributed by atoms with van der Waals surface area (Å²) in [6.45, 7) is 1.55. The molecule has 2 rings (SSSR count). The van der Waals surface area contributed by atoms with E-state index in [1.54, 1.807) is 6.07 Å². The first-order valence-corrected chi connectivity index (χ1v) is 7.20. The maximum atomic E-state index is 13.1. The van der Waals surface area contributed by atoms with E-state index >= 15 is 0 Å². The Hall–Kier alpha value is -1.14. The first kappa shape index (κ1) is 12.3. The standard InChI is InChI=1S/C11H15FN2O2S/c12-10-3-1-4-11(9-10)14-6-2-8-17(15,16)13-5-7-14/h1,3-4,9,13H,2,5-8H2. The van der Waals surface area contributed by atoms with Gasteiger partial charge in [0.25, 0.3) is 0 Å². The summed E-state index contributed by atoms with van der Waals surface area (Å²) >= 11 is 0. The molecule has 1 N–H and O–H groups in total. The average Bonchev–Trinajstić information content (AvgIpc) is 2.24. The van der Waals surface area contributed by atoms with Crippen LogP contribution < -0.4 is 9.62 Å². The van der Waals surface area contributed by atoms with Gasteiger partial charge in [0.2, 0.25) is 10.0 Å². The number of halogens is 1. The van der Waals surface area contributed by atoms with Gasteiger partial charge in [-0.25, -0.2) is 17.5 Å². The van der Waals surface area contributed by atoms with E-state index in [-0.39, 0.29) is 11.6 Å². The van der Waals surface area contributed by atoms with Crippen LogP contribution in [0.25, 0.3) is 0 Å². The molecule has 1 heterocycles. The van der Waals surface area contributed by atoms with E-state index in [2.05, 4.69) is 4.72 Å². The Morgan fingerprint density at radius 2 is 2.12 bits per heavy atom. The highest BCUT2D eigenvalue weighted by Crippen LogP contribution is 2.16. The van der Waals surface area contributed by atoms with E-state index in [1.807, 2.05) is 11.0 Å². The van der Waals surface area contributed by atoms with E-state index in [1.165, 1.54) is 12.1 Å². The van der Waals surface area contributed by atoms with Crippen molar-refractivity contribution in [2.75, 3.05) is 30.3 Å². The van der Waals surface area contributed by atoms with E-state index in [4.69, 9.17) is 0 Å². The molecule has 6 heteroatoms. The molecule has 1 saturated heterocycles. The van der Waals surface area contributed by atoms with E-state index in [0.717, 1.165) is 5.69 Å². The molecule has 94 valence electrons. The lowest BCUT2D eigenvalue weighted by Crippen LogP contribution is -2.40. The van der Waals surface area contributed by atoms with Crippen molar-refractivity contribution in [1.82, 2.24) is 4.72 Å². The highest BCUT2D eigenvalue weighted by molar-refractivity contribution is 7.89. The molecule has 0 bridgehead atoms. The van der Waals surface area contributed by atoms with Crippen molar-refractivity contribution in [3.63, 3.8) is 0 Å². The fraction of sp³-hybridized carbons (Fsp3) is 0.455. The number of hydrogen-bond acceptors (Lipinski definition) is 3. The van der Waals surface area contributed by atoms with Crippen molar-refractivity contribution >= 4 is 15.7 Å². The molecule has 1 aromatic carbocycles. The Morgan fingerprint density at radius 1 is 1.29 bits per heavy atom. The number of nitrogens with one attached hydrogen (secondary N) is 1. The third kappa shape index (κ3) is 3.41. The molecule has 1 aliphatic heterocycles. The molecule has 0 atom stereocenters. The van der Waals surface area contributed by atoms with E-state index < -0.39 is 10.0 Å². The molecule has 0 aliphatic carbocycles. The number of anilines is 1. The zero-order valence-electron chi connectivity index (χ0n) is 9.39. The summed E-state index contributed by atoms with van der Waals surface area (Å²) in [7, 11) is -3.11. The quantitative estimate of drug-likeness (QED) is 0.816. The summed E-state index contributed by atoms with van der Waals surface area (Å²) in [6.07, 6.45) is 0.547. The average molecular weight is 258 g/mol. The fourth-order valence-electron chi connectivity index (χ4n) is 1.90. The summed E-state index contributed by atoms with van der Waals surface area (Å²) in [6, 6.07) is 6.36. The van der Waals surface area contributed by atoms with Crippen LogP contribution in [0.15, 0.2) is 24.3 Å². The van der Waals surface area contributed by atoms with Crippen LogP contribution in [0.4, 0.5) is 10.1 Å². The third-order valence-electron chi connectivity index (χ3n) is 2.72. The monoisotopic (exact) mass is 258 g/mol. The lowest BCUT2D eigenvalue weighted by atomic mass is 10.2. The van der Waals surface area contributed by atoms with Gasteiger partial charge in [-0.1, -0.05) is 6.07 Å². The Labute approximate surface area is 100 Å². The van der Waals surface area contributed by atoms with Gasteiger partial charge in [0, 0.05) is 25.3 Å². The van der Waals surface area contributed by atoms with Gasteiger partial charge in [0.1, 0.15) is 5.82 Å². The normalized spacial score (nSPS) is 20.6. The number of hydrogen-bond donors (Lipinski definition) is 1. The predicted octanol–water partition coefficient (Wildman–Crippen LogP) is 0.955. The van der Waals surface area contributed by atoms with Crippen LogP contribution >= 0.6 is 0 Å². The number of rotatable bonds is 1. The van der Waals surface area contributed by atoms with Crippen LogP contribution in [0.5, 0.6) is 0 Å². The van der Waals surface area contributed by atoms with Crippen molar-refractivity contribution in [2.45, 2.75) is 6.42 Å². The van der Waals surface area contributed by atoms with Gasteiger partial charge in [-0.3, -0.25) is 0 Å². The van der Waals surface area contributed by atoms with Gasteiger partial charge in [-0.2, -0.15) is 0 Å². The molecule has 4 nitrogen and oxygen atoms in total. The molecule has 0 unspecified atom stereocenters. The minimum Gasteiger partial charge on any atom is -0.370 e. The van der Waals surface area contributed by atoms with Crippen LogP contribution in [-0.2, 0) is 10.0 Å². The highest BCUT2D eigenvalue weighted by Gasteiger charge is 2.16. The topological polar surface area (TPSA) is 49.4 Å². The van der Waals surface area contributed by atoms with Crippen LogP contribution in [0, 0.1) is 5.82 Å². The van der Waals surface area contributed by atoms with Crippen LogP contribution in [0.1, 0.15) is 6.42 Å². The summed E-state index contributed by atoms with van der Waals surface area (Å²) in [4.78, 5) is 1.99. The molecule has 0 aromatic heterocycles. The lowest BCUT2D eigenvalue weighted by Gasteiger charge is -2.27. The number of sulfonamides is 1. The van der Waals surface area contributed by atoms with Gasteiger partial charge in [0.15, 0.2) is 0 Å². The smallest absolute Gasteiger partial charge is 0.211 e. The molecule has 0 radical (unpaired) electrons. The predicted molar refractivity (Wildman–Crippen MR) is 65.0 cm³/mol. The lowest BCUT2D eigenvalue weighted by molar-refractivity contribution is 0.570. The van der Waals surface area contributed by atoms with Gasteiger partial charge >= 0.3 is 0 Å². The van der Waals surface area contributed by atoms with Crippen molar-refractivity contribution in [1.29, 1.82) is 0 Å². The van der Waals surface area contributed by atoms with Crippen LogP contribution in [0.2, 0.25) is 0 Å². The zero-order valence-corrected chi connectivity index (χ0v) is 10.2. The van der Waals surface area contributed by atoms with Gasteiger partial charge < -0.3 is 4.90 Å². The minimum atomic E-state index is -3.11. The first-order chi connectivity index (χ1) is 8.07. The minimum absolute atomic E-state index is 0.124. The molecule has 17 heavy (non-hydrogen) atoms. The Bertz CT molecular complexity index is 474. The third-order valence-corrected chi connectivity index (χ3v) is 4.19. The molecular formula is C11H15FN2O2S. The van der Waals surface area contributed by atoms with Gasteiger partial charge in [-0.15, -0.1) is 0 Å². The van der Waals surface area contributed by atoms with Crippen molar-refractivity contribution < 1.29 is 12.8 Å². The Morgan fingerprint density at radius 3 is 2.88 bits per heavy atom. The molecular weight excluding hydrogens is 243 g/mol. The molecule has 0 saturated carbocycles. The Balaban J connectivity index is 2.08. The van der Waals surface area contributed by atoms with Gasteiger partial charge in [-0.05, 0) is 24.6 Å². The SMILES string of the molecule is O=S1(=O)CCCN(c2cccc(F)c2)CCN1. The fourth-order valence-corrected chi connectivity index (χ4v) is 2.95. The maximum Gasteiger partial charge on any atom is 0.211 e. The molecule has 1 fully saturated rings. The second-order valence-electron chi connectivity index (χ2n) is 4.03. The Kier molecular flexibility index (Phi) is 3.63. The maximum absolute atomic E-state index is 13.1. The number of nitrogens with zero attached hydrogens (tertiary/aromatic N) is 1. The molecule has 0 spiro atoms. The van der Waals surface area contributed by atoms with E-state index in [9.17, 15) is 12.8 Å². The van der Waals surface area contributed by atoms with E-state index in [0.29, 0.717) is 26.1 Å². The van der Waals surface area contributed by atoms with Crippen LogP contribution in [-0.4, -0.2) is 33.8 Å². The summed E-state index contributed by atoms with van der Waals surface area (Å²) in [5, 5.41) is 0. The van der Waals surface area contributed by atoms with Crippen molar-refractivity contribution in [3.8, 4) is 0 Å². The van der Waals surface area contributed by atoms with Crippen LogP contribution in [0.3, 0.4) is 0 Å². The summed E-state index contributed by atoms with van der Waals surface area (Å²) in [5.74, 6) is -0.149. The highest BCUT2D eigenvalue weighted by atomic mass is 32.2. The second-order valence-corrected chi connectivity index (χ2v) is 5.96. The van der Waals surface area contributed by atoms with Crippen molar-refractivity contribution in [2.24, 2.45) is 0 Å². The number of benzene rings is 1. The second kappa shape index (κ2) is 5.01. The zero-order chi connectivity index (χ0) is 12.3. The summed E-state index contributed by atoms with van der Waals surface area (Å²) in [5.41, 5.74) is 0.797.